The number of alkyl halides is 3. The second kappa shape index (κ2) is 11.1. The molecular weight excluding hydrogens is 507 g/mol. The number of amides is 2. The standard InChI is InChI=1S/C30H30F3N3O3/c31-30(32,33)27(22-6-2-1-3-7-22)28(38)36-16-12-29(13-17-36)18-26(37)35-19-24(29)23-8-4-5-9-25(23)39-20-21-10-14-34-15-11-21/h1-11,14-15,24,27H,12-13,16-20H2,(H,35,37). The summed E-state index contributed by atoms with van der Waals surface area (Å²) in [7, 11) is 0. The minimum atomic E-state index is -4.70. The Bertz CT molecular complexity index is 1290. The Kier molecular flexibility index (Phi) is 7.59. The fourth-order valence-corrected chi connectivity index (χ4v) is 5.91. The molecule has 2 aliphatic rings. The number of ether oxygens (including phenoxy) is 1. The molecule has 2 aromatic carbocycles. The molecule has 2 atom stereocenters. The molecule has 1 aromatic heterocycles. The lowest BCUT2D eigenvalue weighted by Gasteiger charge is -2.49. The van der Waals surface area contributed by atoms with Crippen LogP contribution in [0.4, 0.5) is 13.2 Å². The molecule has 2 unspecified atom stereocenters. The maximum atomic E-state index is 14.0. The monoisotopic (exact) mass is 537 g/mol. The number of piperidine rings is 2. The number of rotatable bonds is 6. The van der Waals surface area contributed by atoms with Crippen LogP contribution in [0.2, 0.25) is 0 Å². The molecule has 204 valence electrons. The Morgan fingerprint density at radius 1 is 1.03 bits per heavy atom. The summed E-state index contributed by atoms with van der Waals surface area (Å²) in [6, 6.07) is 18.8. The quantitative estimate of drug-likeness (QED) is 0.468. The largest absolute Gasteiger partial charge is 0.489 e. The van der Waals surface area contributed by atoms with Crippen molar-refractivity contribution >= 4 is 11.8 Å². The van der Waals surface area contributed by atoms with E-state index in [2.05, 4.69) is 10.3 Å². The molecule has 9 heteroatoms. The van der Waals surface area contributed by atoms with E-state index in [0.29, 0.717) is 31.7 Å². The summed E-state index contributed by atoms with van der Waals surface area (Å²) < 4.78 is 48.2. The molecular formula is C30H30F3N3O3. The Labute approximate surface area is 225 Å². The van der Waals surface area contributed by atoms with E-state index in [0.717, 1.165) is 11.1 Å². The molecule has 6 nitrogen and oxygen atoms in total. The molecule has 0 saturated carbocycles. The van der Waals surface area contributed by atoms with Crippen molar-refractivity contribution in [3.63, 3.8) is 0 Å². The van der Waals surface area contributed by atoms with Gasteiger partial charge < -0.3 is 15.0 Å². The highest BCUT2D eigenvalue weighted by Gasteiger charge is 2.51. The van der Waals surface area contributed by atoms with Crippen LogP contribution in [-0.2, 0) is 16.2 Å². The molecule has 1 spiro atoms. The molecule has 39 heavy (non-hydrogen) atoms. The average molecular weight is 538 g/mol. The number of aromatic nitrogens is 1. The van der Waals surface area contributed by atoms with Crippen LogP contribution in [0.5, 0.6) is 5.75 Å². The molecule has 2 saturated heterocycles. The minimum Gasteiger partial charge on any atom is -0.489 e. The maximum absolute atomic E-state index is 14.0. The molecule has 2 aliphatic heterocycles. The summed E-state index contributed by atoms with van der Waals surface area (Å²) in [5.74, 6) is -2.64. The van der Waals surface area contributed by atoms with Crippen LogP contribution in [-0.4, -0.2) is 47.5 Å². The van der Waals surface area contributed by atoms with Gasteiger partial charge in [0.05, 0.1) is 0 Å². The van der Waals surface area contributed by atoms with Gasteiger partial charge in [-0.05, 0) is 53.1 Å². The number of nitrogens with zero attached hydrogens (tertiary/aromatic N) is 2. The summed E-state index contributed by atoms with van der Waals surface area (Å²) in [6.45, 7) is 1.06. The lowest BCUT2D eigenvalue weighted by molar-refractivity contribution is -0.173. The fraction of sp³-hybridized carbons (Fsp3) is 0.367. The van der Waals surface area contributed by atoms with Crippen LogP contribution in [0.3, 0.4) is 0 Å². The Balaban J connectivity index is 1.36. The Hall–Kier alpha value is -3.88. The Morgan fingerprint density at radius 2 is 1.69 bits per heavy atom. The van der Waals surface area contributed by atoms with E-state index in [4.69, 9.17) is 4.74 Å². The minimum absolute atomic E-state index is 0.0644. The van der Waals surface area contributed by atoms with Crippen molar-refractivity contribution in [3.05, 3.63) is 95.8 Å². The Morgan fingerprint density at radius 3 is 2.38 bits per heavy atom. The van der Waals surface area contributed by atoms with E-state index in [1.807, 2.05) is 36.4 Å². The zero-order chi connectivity index (χ0) is 27.5. The van der Waals surface area contributed by atoms with Gasteiger partial charge in [-0.1, -0.05) is 48.5 Å². The predicted octanol–water partition coefficient (Wildman–Crippen LogP) is 5.22. The van der Waals surface area contributed by atoms with E-state index in [1.54, 1.807) is 18.5 Å². The van der Waals surface area contributed by atoms with E-state index in [1.165, 1.54) is 29.2 Å². The lowest BCUT2D eigenvalue weighted by Crippen LogP contribution is -2.54. The first-order valence-corrected chi connectivity index (χ1v) is 13.0. The summed E-state index contributed by atoms with van der Waals surface area (Å²) in [5.41, 5.74) is 1.36. The first-order chi connectivity index (χ1) is 18.8. The number of hydrogen-bond donors (Lipinski definition) is 1. The van der Waals surface area contributed by atoms with Gasteiger partial charge in [-0.25, -0.2) is 0 Å². The van der Waals surface area contributed by atoms with Gasteiger partial charge in [-0.15, -0.1) is 0 Å². The molecule has 5 rings (SSSR count). The second-order valence-electron chi connectivity index (χ2n) is 10.3. The van der Waals surface area contributed by atoms with Crippen LogP contribution in [0.25, 0.3) is 0 Å². The maximum Gasteiger partial charge on any atom is 0.404 e. The van der Waals surface area contributed by atoms with E-state index in [9.17, 15) is 22.8 Å². The summed E-state index contributed by atoms with van der Waals surface area (Å²) in [5, 5.41) is 2.96. The highest BCUT2D eigenvalue weighted by molar-refractivity contribution is 5.85. The van der Waals surface area contributed by atoms with Crippen molar-refractivity contribution in [2.24, 2.45) is 5.41 Å². The number of benzene rings is 2. The normalized spacial score (nSPS) is 19.8. The topological polar surface area (TPSA) is 71.5 Å². The van der Waals surface area contributed by atoms with Gasteiger partial charge in [0.25, 0.3) is 0 Å². The van der Waals surface area contributed by atoms with Crippen molar-refractivity contribution in [2.45, 2.75) is 43.9 Å². The number of para-hydroxylation sites is 1. The van der Waals surface area contributed by atoms with Crippen LogP contribution < -0.4 is 10.1 Å². The van der Waals surface area contributed by atoms with Gasteiger partial charge in [0.1, 0.15) is 12.4 Å². The molecule has 2 amide bonds. The van der Waals surface area contributed by atoms with Gasteiger partial charge in [-0.3, -0.25) is 14.6 Å². The molecule has 3 aromatic rings. The molecule has 0 bridgehead atoms. The molecule has 2 fully saturated rings. The van der Waals surface area contributed by atoms with Crippen molar-refractivity contribution in [3.8, 4) is 5.75 Å². The third-order valence-electron chi connectivity index (χ3n) is 7.97. The van der Waals surface area contributed by atoms with E-state index < -0.39 is 23.4 Å². The fourth-order valence-electron chi connectivity index (χ4n) is 5.91. The third kappa shape index (κ3) is 5.77. The number of carbonyl (C=O) groups is 2. The van der Waals surface area contributed by atoms with Crippen molar-refractivity contribution < 1.29 is 27.5 Å². The number of hydrogen-bond acceptors (Lipinski definition) is 4. The number of halogens is 3. The van der Waals surface area contributed by atoms with E-state index in [-0.39, 0.29) is 36.9 Å². The summed E-state index contributed by atoms with van der Waals surface area (Å²) >= 11 is 0. The number of carbonyl (C=O) groups excluding carboxylic acids is 2. The highest BCUT2D eigenvalue weighted by atomic mass is 19.4. The number of pyridine rings is 1. The third-order valence-corrected chi connectivity index (χ3v) is 7.97. The lowest BCUT2D eigenvalue weighted by atomic mass is 9.62. The van der Waals surface area contributed by atoms with E-state index >= 15 is 0 Å². The van der Waals surface area contributed by atoms with Crippen LogP contribution in [0, 0.1) is 5.41 Å². The van der Waals surface area contributed by atoms with Crippen molar-refractivity contribution in [2.75, 3.05) is 19.6 Å². The molecule has 0 aliphatic carbocycles. The van der Waals surface area contributed by atoms with Crippen LogP contribution in [0.1, 0.15) is 47.8 Å². The molecule has 1 N–H and O–H groups in total. The van der Waals surface area contributed by atoms with Gasteiger partial charge >= 0.3 is 6.18 Å². The highest BCUT2D eigenvalue weighted by Crippen LogP contribution is 2.51. The van der Waals surface area contributed by atoms with Gasteiger partial charge in [0.2, 0.25) is 11.8 Å². The van der Waals surface area contributed by atoms with Crippen LogP contribution >= 0.6 is 0 Å². The van der Waals surface area contributed by atoms with Crippen molar-refractivity contribution in [1.29, 1.82) is 0 Å². The molecule has 0 radical (unpaired) electrons. The second-order valence-corrected chi connectivity index (χ2v) is 10.3. The molecule has 3 heterocycles. The first-order valence-electron chi connectivity index (χ1n) is 13.0. The smallest absolute Gasteiger partial charge is 0.404 e. The van der Waals surface area contributed by atoms with Crippen LogP contribution in [0.15, 0.2) is 79.1 Å². The first kappa shape index (κ1) is 26.7. The number of nitrogens with one attached hydrogen (secondary N) is 1. The van der Waals surface area contributed by atoms with Gasteiger partial charge in [0.15, 0.2) is 5.92 Å². The number of likely N-dealkylation sites (tertiary alicyclic amines) is 1. The zero-order valence-corrected chi connectivity index (χ0v) is 21.4. The summed E-state index contributed by atoms with van der Waals surface area (Å²) in [6.07, 6.45) is -0.200. The SMILES string of the molecule is O=C1CC2(CCN(C(=O)C(c3ccccc3)C(F)(F)F)CC2)C(c2ccccc2OCc2ccncc2)CN1. The van der Waals surface area contributed by atoms with Gasteiger partial charge in [0, 0.05) is 44.4 Å². The predicted molar refractivity (Wildman–Crippen MR) is 139 cm³/mol. The van der Waals surface area contributed by atoms with Crippen molar-refractivity contribution in [1.82, 2.24) is 15.2 Å². The van der Waals surface area contributed by atoms with Gasteiger partial charge in [-0.2, -0.15) is 13.2 Å². The average Bonchev–Trinajstić information content (AvgIpc) is 2.93. The summed E-state index contributed by atoms with van der Waals surface area (Å²) in [4.78, 5) is 31.1. The zero-order valence-electron chi connectivity index (χ0n) is 21.4.